The van der Waals surface area contributed by atoms with E-state index >= 15 is 0 Å². The predicted molar refractivity (Wildman–Crippen MR) is 105 cm³/mol. The molecule has 0 radical (unpaired) electrons. The van der Waals surface area contributed by atoms with Crippen LogP contribution in [0, 0.1) is 5.41 Å². The van der Waals surface area contributed by atoms with Gasteiger partial charge in [0.25, 0.3) is 0 Å². The number of aliphatic hydroxyl groups excluding tert-OH is 1. The standard InChI is InChI=1S/C21H30F3NO5/c1-19(2,3)17(27)29-12-16(25-18(28)30-20(4,5)6)15(11-26)13-7-9-14(10-8-13)21(22,23)24/h7-10,15-16,26H,11-12H2,1-6H3,(H,25,28)/t15-,16-/m0/s1. The average Bonchev–Trinajstić information content (AvgIpc) is 2.57. The summed E-state index contributed by atoms with van der Waals surface area (Å²) in [6.07, 6.45) is -5.30. The highest BCUT2D eigenvalue weighted by molar-refractivity contribution is 5.75. The van der Waals surface area contributed by atoms with Gasteiger partial charge in [-0.1, -0.05) is 12.1 Å². The summed E-state index contributed by atoms with van der Waals surface area (Å²) >= 11 is 0. The molecule has 0 fully saturated rings. The Labute approximate surface area is 174 Å². The first-order valence-electron chi connectivity index (χ1n) is 9.49. The van der Waals surface area contributed by atoms with E-state index in [0.717, 1.165) is 12.1 Å². The molecule has 0 saturated carbocycles. The van der Waals surface area contributed by atoms with Crippen LogP contribution >= 0.6 is 0 Å². The molecule has 0 aliphatic rings. The number of carbonyl (C=O) groups excluding carboxylic acids is 2. The van der Waals surface area contributed by atoms with Crippen LogP contribution in [0.15, 0.2) is 24.3 Å². The molecule has 0 saturated heterocycles. The van der Waals surface area contributed by atoms with Crippen LogP contribution in [-0.2, 0) is 20.4 Å². The number of rotatable bonds is 6. The van der Waals surface area contributed by atoms with Crippen molar-refractivity contribution in [2.45, 2.75) is 65.3 Å². The zero-order valence-corrected chi connectivity index (χ0v) is 18.1. The molecule has 0 aliphatic heterocycles. The number of aliphatic hydroxyl groups is 1. The van der Waals surface area contributed by atoms with Gasteiger partial charge >= 0.3 is 18.2 Å². The summed E-state index contributed by atoms with van der Waals surface area (Å²) in [7, 11) is 0. The molecule has 2 N–H and O–H groups in total. The van der Waals surface area contributed by atoms with Gasteiger partial charge < -0.3 is 19.9 Å². The molecule has 0 aliphatic carbocycles. The second-order valence-corrected chi connectivity index (χ2v) is 9.01. The number of hydrogen-bond donors (Lipinski definition) is 2. The van der Waals surface area contributed by atoms with Crippen LogP contribution in [0.5, 0.6) is 0 Å². The molecule has 30 heavy (non-hydrogen) atoms. The number of halogens is 3. The summed E-state index contributed by atoms with van der Waals surface area (Å²) in [6.45, 7) is 9.18. The molecule has 0 bridgehead atoms. The Morgan fingerprint density at radius 2 is 1.57 bits per heavy atom. The summed E-state index contributed by atoms with van der Waals surface area (Å²) in [5.74, 6) is -1.35. The summed E-state index contributed by atoms with van der Waals surface area (Å²) in [4.78, 5) is 24.4. The highest BCUT2D eigenvalue weighted by Gasteiger charge is 2.33. The van der Waals surface area contributed by atoms with E-state index in [1.165, 1.54) is 12.1 Å². The summed E-state index contributed by atoms with van der Waals surface area (Å²) < 4.78 is 49.0. The molecular formula is C21H30F3NO5. The number of nitrogens with one attached hydrogen (secondary N) is 1. The van der Waals surface area contributed by atoms with E-state index in [0.29, 0.717) is 5.56 Å². The Kier molecular flexibility index (Phi) is 8.31. The second kappa shape index (κ2) is 9.68. The number of ether oxygens (including phenoxy) is 2. The quantitative estimate of drug-likeness (QED) is 0.655. The van der Waals surface area contributed by atoms with Crippen LogP contribution < -0.4 is 5.32 Å². The topological polar surface area (TPSA) is 84.9 Å². The van der Waals surface area contributed by atoms with Crippen molar-refractivity contribution in [2.24, 2.45) is 5.41 Å². The highest BCUT2D eigenvalue weighted by atomic mass is 19.4. The van der Waals surface area contributed by atoms with E-state index in [4.69, 9.17) is 9.47 Å². The van der Waals surface area contributed by atoms with E-state index in [1.54, 1.807) is 41.5 Å². The van der Waals surface area contributed by atoms with Gasteiger partial charge in [0.05, 0.1) is 23.6 Å². The predicted octanol–water partition coefficient (Wildman–Crippen LogP) is 4.26. The molecule has 0 spiro atoms. The maximum atomic E-state index is 12.8. The lowest BCUT2D eigenvalue weighted by atomic mass is 9.91. The third-order valence-corrected chi connectivity index (χ3v) is 4.06. The van der Waals surface area contributed by atoms with Crippen molar-refractivity contribution in [1.82, 2.24) is 5.32 Å². The van der Waals surface area contributed by atoms with Gasteiger partial charge in [-0.3, -0.25) is 4.79 Å². The van der Waals surface area contributed by atoms with Crippen molar-refractivity contribution >= 4 is 12.1 Å². The normalized spacial score (nSPS) is 14.6. The SMILES string of the molecule is CC(C)(C)OC(=O)N[C@@H](COC(=O)C(C)(C)C)[C@@H](CO)c1ccc(C(F)(F)F)cc1. The highest BCUT2D eigenvalue weighted by Crippen LogP contribution is 2.31. The Bertz CT molecular complexity index is 718. The third kappa shape index (κ3) is 8.22. The van der Waals surface area contributed by atoms with Gasteiger partial charge in [-0.2, -0.15) is 13.2 Å². The van der Waals surface area contributed by atoms with Crippen molar-refractivity contribution in [3.63, 3.8) is 0 Å². The molecule has 1 rings (SSSR count). The fraction of sp³-hybridized carbons (Fsp3) is 0.619. The van der Waals surface area contributed by atoms with Crippen molar-refractivity contribution in [2.75, 3.05) is 13.2 Å². The Hall–Kier alpha value is -2.29. The number of benzene rings is 1. The average molecular weight is 433 g/mol. The first-order valence-corrected chi connectivity index (χ1v) is 9.49. The number of amides is 1. The second-order valence-electron chi connectivity index (χ2n) is 9.01. The van der Waals surface area contributed by atoms with Gasteiger partial charge in [0.1, 0.15) is 12.2 Å². The van der Waals surface area contributed by atoms with Crippen LogP contribution in [0.3, 0.4) is 0 Å². The molecule has 1 amide bonds. The molecule has 6 nitrogen and oxygen atoms in total. The molecule has 1 aromatic rings. The van der Waals surface area contributed by atoms with Gasteiger partial charge in [-0.25, -0.2) is 4.79 Å². The zero-order chi connectivity index (χ0) is 23.3. The monoisotopic (exact) mass is 433 g/mol. The Balaban J connectivity index is 3.11. The van der Waals surface area contributed by atoms with Crippen molar-refractivity contribution in [3.05, 3.63) is 35.4 Å². The van der Waals surface area contributed by atoms with E-state index < -0.39 is 53.4 Å². The van der Waals surface area contributed by atoms with Gasteiger partial charge in [-0.15, -0.1) is 0 Å². The smallest absolute Gasteiger partial charge is 0.416 e. The molecule has 2 atom stereocenters. The first-order chi connectivity index (χ1) is 13.5. The van der Waals surface area contributed by atoms with Gasteiger partial charge in [0.2, 0.25) is 0 Å². The van der Waals surface area contributed by atoms with E-state index in [2.05, 4.69) is 5.32 Å². The molecule has 9 heteroatoms. The number of alkyl carbamates (subject to hydrolysis) is 1. The summed E-state index contributed by atoms with van der Waals surface area (Å²) in [6, 6.07) is 3.30. The van der Waals surface area contributed by atoms with Crippen molar-refractivity contribution in [3.8, 4) is 0 Å². The molecule has 0 unspecified atom stereocenters. The van der Waals surface area contributed by atoms with Crippen molar-refractivity contribution < 1.29 is 37.3 Å². The van der Waals surface area contributed by atoms with Crippen LogP contribution in [-0.4, -0.2) is 42.0 Å². The Morgan fingerprint density at radius 1 is 1.03 bits per heavy atom. The van der Waals surface area contributed by atoms with Crippen LogP contribution in [0.25, 0.3) is 0 Å². The fourth-order valence-electron chi connectivity index (χ4n) is 2.48. The van der Waals surface area contributed by atoms with Gasteiger partial charge in [0, 0.05) is 5.92 Å². The third-order valence-electron chi connectivity index (χ3n) is 4.06. The largest absolute Gasteiger partial charge is 0.463 e. The molecular weight excluding hydrogens is 403 g/mol. The molecule has 1 aromatic carbocycles. The number of esters is 1. The number of carbonyl (C=O) groups is 2. The van der Waals surface area contributed by atoms with Crippen molar-refractivity contribution in [1.29, 1.82) is 0 Å². The van der Waals surface area contributed by atoms with Crippen LogP contribution in [0.1, 0.15) is 58.6 Å². The lowest BCUT2D eigenvalue weighted by molar-refractivity contribution is -0.154. The minimum Gasteiger partial charge on any atom is -0.463 e. The van der Waals surface area contributed by atoms with Crippen LogP contribution in [0.4, 0.5) is 18.0 Å². The van der Waals surface area contributed by atoms with Gasteiger partial charge in [-0.05, 0) is 59.2 Å². The lowest BCUT2D eigenvalue weighted by Crippen LogP contribution is -2.46. The van der Waals surface area contributed by atoms with E-state index in [9.17, 15) is 27.9 Å². The zero-order valence-electron chi connectivity index (χ0n) is 18.1. The molecule has 0 aromatic heterocycles. The first kappa shape index (κ1) is 25.7. The molecule has 170 valence electrons. The van der Waals surface area contributed by atoms with Crippen LogP contribution in [0.2, 0.25) is 0 Å². The minimum atomic E-state index is -4.50. The molecule has 0 heterocycles. The van der Waals surface area contributed by atoms with E-state index in [-0.39, 0.29) is 6.61 Å². The summed E-state index contributed by atoms with van der Waals surface area (Å²) in [5, 5.41) is 12.4. The lowest BCUT2D eigenvalue weighted by Gasteiger charge is -2.29. The number of alkyl halides is 3. The number of hydrogen-bond acceptors (Lipinski definition) is 5. The summed E-state index contributed by atoms with van der Waals surface area (Å²) in [5.41, 5.74) is -2.07. The minimum absolute atomic E-state index is 0.290. The Morgan fingerprint density at radius 3 is 1.97 bits per heavy atom. The maximum absolute atomic E-state index is 12.8. The maximum Gasteiger partial charge on any atom is 0.416 e. The fourth-order valence-corrected chi connectivity index (χ4v) is 2.48. The van der Waals surface area contributed by atoms with E-state index in [1.807, 2.05) is 0 Å². The van der Waals surface area contributed by atoms with Gasteiger partial charge in [0.15, 0.2) is 0 Å².